The van der Waals surface area contributed by atoms with Crippen molar-refractivity contribution in [3.05, 3.63) is 0 Å². The molecule has 0 aromatic rings. The molecule has 106 valence electrons. The van der Waals surface area contributed by atoms with Crippen LogP contribution in [0.5, 0.6) is 0 Å². The van der Waals surface area contributed by atoms with E-state index in [0.29, 0.717) is 12.0 Å². The Labute approximate surface area is 111 Å². The smallest absolute Gasteiger partial charge is 0.0503 e. The number of methoxy groups -OCH3 is 1. The van der Waals surface area contributed by atoms with Gasteiger partial charge in [-0.25, -0.2) is 0 Å². The van der Waals surface area contributed by atoms with E-state index in [-0.39, 0.29) is 5.54 Å². The standard InChI is InChI=1S/C14H29N3O/c1-12(2)16-7-5-14(10-15,11-16)17-6-4-13(8-17)9-18-3/h12-13H,4-11,15H2,1-3H3. The molecule has 2 rings (SSSR count). The first-order valence-electron chi connectivity index (χ1n) is 7.29. The maximum atomic E-state index is 6.13. The van der Waals surface area contributed by atoms with Gasteiger partial charge in [0, 0.05) is 44.9 Å². The van der Waals surface area contributed by atoms with Crippen LogP contribution in [0.25, 0.3) is 0 Å². The highest BCUT2D eigenvalue weighted by Gasteiger charge is 2.44. The topological polar surface area (TPSA) is 41.7 Å². The first-order chi connectivity index (χ1) is 8.61. The van der Waals surface area contributed by atoms with Gasteiger partial charge in [-0.05, 0) is 39.2 Å². The number of likely N-dealkylation sites (tertiary alicyclic amines) is 2. The van der Waals surface area contributed by atoms with Crippen LogP contribution < -0.4 is 5.73 Å². The summed E-state index contributed by atoms with van der Waals surface area (Å²) in [4.78, 5) is 5.20. The summed E-state index contributed by atoms with van der Waals surface area (Å²) in [6, 6.07) is 0.635. The fourth-order valence-electron chi connectivity index (χ4n) is 3.52. The van der Waals surface area contributed by atoms with E-state index in [1.165, 1.54) is 25.9 Å². The summed E-state index contributed by atoms with van der Waals surface area (Å²) < 4.78 is 5.29. The SMILES string of the molecule is COCC1CCN(C2(CN)CCN(C(C)C)C2)C1. The van der Waals surface area contributed by atoms with Crippen molar-refractivity contribution in [2.24, 2.45) is 11.7 Å². The molecule has 2 fully saturated rings. The molecule has 2 unspecified atom stereocenters. The summed E-state index contributed by atoms with van der Waals surface area (Å²) in [5.74, 6) is 0.700. The molecule has 0 amide bonds. The molecule has 2 N–H and O–H groups in total. The maximum Gasteiger partial charge on any atom is 0.0503 e. The van der Waals surface area contributed by atoms with E-state index in [1.54, 1.807) is 7.11 Å². The van der Waals surface area contributed by atoms with E-state index in [9.17, 15) is 0 Å². The van der Waals surface area contributed by atoms with Gasteiger partial charge in [0.05, 0.1) is 6.61 Å². The van der Waals surface area contributed by atoms with Crippen molar-refractivity contribution in [2.45, 2.75) is 38.3 Å². The lowest BCUT2D eigenvalue weighted by Crippen LogP contribution is -2.55. The van der Waals surface area contributed by atoms with E-state index in [2.05, 4.69) is 23.6 Å². The summed E-state index contributed by atoms with van der Waals surface area (Å²) >= 11 is 0. The largest absolute Gasteiger partial charge is 0.384 e. The number of hydrogen-bond acceptors (Lipinski definition) is 4. The van der Waals surface area contributed by atoms with E-state index < -0.39 is 0 Å². The highest BCUT2D eigenvalue weighted by Crippen LogP contribution is 2.33. The Morgan fingerprint density at radius 1 is 1.39 bits per heavy atom. The molecular formula is C14H29N3O. The van der Waals surface area contributed by atoms with Crippen molar-refractivity contribution in [3.63, 3.8) is 0 Å². The third kappa shape index (κ3) is 2.72. The molecule has 0 bridgehead atoms. The van der Waals surface area contributed by atoms with E-state index in [1.807, 2.05) is 0 Å². The summed E-state index contributed by atoms with van der Waals surface area (Å²) in [7, 11) is 1.80. The fraction of sp³-hybridized carbons (Fsp3) is 1.00. The molecule has 0 saturated carbocycles. The van der Waals surface area contributed by atoms with Crippen LogP contribution >= 0.6 is 0 Å². The molecular weight excluding hydrogens is 226 g/mol. The third-order valence-corrected chi connectivity index (χ3v) is 4.83. The van der Waals surface area contributed by atoms with E-state index in [0.717, 1.165) is 26.2 Å². The van der Waals surface area contributed by atoms with E-state index in [4.69, 9.17) is 10.5 Å². The monoisotopic (exact) mass is 255 g/mol. The maximum absolute atomic E-state index is 6.13. The number of nitrogens with zero attached hydrogens (tertiary/aromatic N) is 2. The predicted molar refractivity (Wildman–Crippen MR) is 74.7 cm³/mol. The molecule has 4 heteroatoms. The van der Waals surface area contributed by atoms with Crippen molar-refractivity contribution in [2.75, 3.05) is 46.4 Å². The molecule has 0 aromatic carbocycles. The molecule has 2 aliphatic rings. The van der Waals surface area contributed by atoms with Gasteiger partial charge in [0.25, 0.3) is 0 Å². The number of rotatable bonds is 5. The molecule has 2 heterocycles. The molecule has 2 atom stereocenters. The molecule has 0 aromatic heterocycles. The number of nitrogens with two attached hydrogens (primary N) is 1. The van der Waals surface area contributed by atoms with E-state index >= 15 is 0 Å². The van der Waals surface area contributed by atoms with Crippen molar-refractivity contribution in [3.8, 4) is 0 Å². The zero-order valence-corrected chi connectivity index (χ0v) is 12.2. The Bertz CT molecular complexity index is 272. The van der Waals surface area contributed by atoms with Gasteiger partial charge in [0.15, 0.2) is 0 Å². The Hall–Kier alpha value is -0.160. The van der Waals surface area contributed by atoms with Gasteiger partial charge in [-0.3, -0.25) is 9.80 Å². The summed E-state index contributed by atoms with van der Waals surface area (Å²) in [5, 5.41) is 0. The highest BCUT2D eigenvalue weighted by atomic mass is 16.5. The van der Waals surface area contributed by atoms with Crippen LogP contribution in [0, 0.1) is 5.92 Å². The van der Waals surface area contributed by atoms with Crippen LogP contribution in [-0.2, 0) is 4.74 Å². The lowest BCUT2D eigenvalue weighted by molar-refractivity contribution is 0.103. The van der Waals surface area contributed by atoms with Crippen LogP contribution in [0.1, 0.15) is 26.7 Å². The van der Waals surface area contributed by atoms with Crippen LogP contribution in [0.3, 0.4) is 0 Å². The summed E-state index contributed by atoms with van der Waals surface area (Å²) in [6.07, 6.45) is 2.48. The van der Waals surface area contributed by atoms with Gasteiger partial charge >= 0.3 is 0 Å². The Kier molecular flexibility index (Phi) is 4.64. The molecule has 2 aliphatic heterocycles. The lowest BCUT2D eigenvalue weighted by Gasteiger charge is -2.38. The first-order valence-corrected chi connectivity index (χ1v) is 7.29. The van der Waals surface area contributed by atoms with Gasteiger partial charge in [-0.15, -0.1) is 0 Å². The van der Waals surface area contributed by atoms with Crippen LogP contribution in [-0.4, -0.2) is 67.8 Å². The van der Waals surface area contributed by atoms with Crippen molar-refractivity contribution < 1.29 is 4.74 Å². The van der Waals surface area contributed by atoms with Gasteiger partial charge in [-0.2, -0.15) is 0 Å². The average molecular weight is 255 g/mol. The van der Waals surface area contributed by atoms with Crippen molar-refractivity contribution in [1.29, 1.82) is 0 Å². The predicted octanol–water partition coefficient (Wildman–Crippen LogP) is 0.766. The molecule has 4 nitrogen and oxygen atoms in total. The van der Waals surface area contributed by atoms with Gasteiger partial charge in [0.2, 0.25) is 0 Å². The Balaban J connectivity index is 1.97. The van der Waals surface area contributed by atoms with Crippen LogP contribution in [0.15, 0.2) is 0 Å². The molecule has 2 saturated heterocycles. The minimum atomic E-state index is 0.229. The lowest BCUT2D eigenvalue weighted by atomic mass is 9.96. The number of ether oxygens (including phenoxy) is 1. The highest BCUT2D eigenvalue weighted by molar-refractivity contribution is 5.02. The molecule has 0 radical (unpaired) electrons. The summed E-state index contributed by atoms with van der Waals surface area (Å²) in [6.45, 7) is 10.9. The second-order valence-electron chi connectivity index (χ2n) is 6.30. The Morgan fingerprint density at radius 3 is 2.72 bits per heavy atom. The zero-order valence-electron chi connectivity index (χ0n) is 12.2. The quantitative estimate of drug-likeness (QED) is 0.788. The normalized spacial score (nSPS) is 34.8. The average Bonchev–Trinajstić information content (AvgIpc) is 2.96. The minimum absolute atomic E-state index is 0.229. The third-order valence-electron chi connectivity index (χ3n) is 4.83. The second-order valence-corrected chi connectivity index (χ2v) is 6.30. The fourth-order valence-corrected chi connectivity index (χ4v) is 3.52. The molecule has 0 aliphatic carbocycles. The van der Waals surface area contributed by atoms with Gasteiger partial charge in [0.1, 0.15) is 0 Å². The first kappa shape index (κ1) is 14.3. The van der Waals surface area contributed by atoms with Crippen LogP contribution in [0.2, 0.25) is 0 Å². The van der Waals surface area contributed by atoms with Crippen LogP contribution in [0.4, 0.5) is 0 Å². The van der Waals surface area contributed by atoms with Gasteiger partial charge in [-0.1, -0.05) is 0 Å². The Morgan fingerprint density at radius 2 is 2.17 bits per heavy atom. The second kappa shape index (κ2) is 5.87. The van der Waals surface area contributed by atoms with Crippen molar-refractivity contribution in [1.82, 2.24) is 9.80 Å². The zero-order chi connectivity index (χ0) is 13.2. The minimum Gasteiger partial charge on any atom is -0.384 e. The van der Waals surface area contributed by atoms with Crippen molar-refractivity contribution >= 4 is 0 Å². The molecule has 0 spiro atoms. The summed E-state index contributed by atoms with van der Waals surface area (Å²) in [5.41, 5.74) is 6.36. The molecule has 18 heavy (non-hydrogen) atoms. The van der Waals surface area contributed by atoms with Gasteiger partial charge < -0.3 is 10.5 Å². The number of hydrogen-bond donors (Lipinski definition) is 1.